The Hall–Kier alpha value is -1.92. The molecule has 6 heteroatoms. The monoisotopic (exact) mass is 345 g/mol. The van der Waals surface area contributed by atoms with Gasteiger partial charge in [0, 0.05) is 49.4 Å². The van der Waals surface area contributed by atoms with E-state index in [1.165, 1.54) is 15.5 Å². The highest BCUT2D eigenvalue weighted by Gasteiger charge is 2.21. The van der Waals surface area contributed by atoms with Gasteiger partial charge >= 0.3 is 0 Å². The van der Waals surface area contributed by atoms with Crippen LogP contribution in [0.15, 0.2) is 40.6 Å². The second-order valence-corrected chi connectivity index (χ2v) is 7.43. The van der Waals surface area contributed by atoms with Gasteiger partial charge in [0.1, 0.15) is 0 Å². The average molecular weight is 345 g/mol. The van der Waals surface area contributed by atoms with Crippen LogP contribution in [0.1, 0.15) is 28.1 Å². The zero-order chi connectivity index (χ0) is 16.9. The van der Waals surface area contributed by atoms with E-state index in [9.17, 15) is 9.59 Å². The van der Waals surface area contributed by atoms with E-state index in [0.29, 0.717) is 18.0 Å². The number of likely N-dealkylation sites (tertiary alicyclic amines) is 1. The molecule has 1 fully saturated rings. The lowest BCUT2D eigenvalue weighted by Crippen LogP contribution is -2.40. The van der Waals surface area contributed by atoms with E-state index in [4.69, 9.17) is 0 Å². The van der Waals surface area contributed by atoms with Crippen LogP contribution in [-0.2, 0) is 13.6 Å². The number of thiophene rings is 1. The van der Waals surface area contributed by atoms with Crippen molar-refractivity contribution in [2.75, 3.05) is 19.6 Å². The third kappa shape index (κ3) is 4.33. The summed E-state index contributed by atoms with van der Waals surface area (Å²) in [6.07, 6.45) is 3.93. The van der Waals surface area contributed by atoms with Crippen LogP contribution in [0.5, 0.6) is 0 Å². The van der Waals surface area contributed by atoms with E-state index in [0.717, 1.165) is 32.5 Å². The molecule has 0 spiro atoms. The molecule has 1 aliphatic rings. The average Bonchev–Trinajstić information content (AvgIpc) is 3.08. The number of carbonyl (C=O) groups is 1. The van der Waals surface area contributed by atoms with Crippen LogP contribution in [0.25, 0.3) is 0 Å². The number of amides is 1. The van der Waals surface area contributed by atoms with Gasteiger partial charge in [0.25, 0.3) is 11.5 Å². The SMILES string of the molecule is Cn1ccc(C(=O)NCC2CCCN(Cc3cccs3)C2)cc1=O. The highest BCUT2D eigenvalue weighted by atomic mass is 32.1. The lowest BCUT2D eigenvalue weighted by molar-refractivity contribution is 0.0930. The first-order chi connectivity index (χ1) is 11.6. The Kier molecular flexibility index (Phi) is 5.48. The fourth-order valence-electron chi connectivity index (χ4n) is 3.11. The number of rotatable bonds is 5. The number of carbonyl (C=O) groups excluding carboxylic acids is 1. The van der Waals surface area contributed by atoms with Crippen molar-refractivity contribution in [1.82, 2.24) is 14.8 Å². The Morgan fingerprint density at radius 3 is 3.04 bits per heavy atom. The number of nitrogens with zero attached hydrogens (tertiary/aromatic N) is 2. The standard InChI is InChI=1S/C18H23N3O2S/c1-20-8-6-15(10-17(20)22)18(23)19-11-14-4-2-7-21(12-14)13-16-5-3-9-24-16/h3,5-6,8-10,14H,2,4,7,11-13H2,1H3,(H,19,23). The van der Waals surface area contributed by atoms with Gasteiger partial charge in [0.2, 0.25) is 0 Å². The largest absolute Gasteiger partial charge is 0.352 e. The van der Waals surface area contributed by atoms with Gasteiger partial charge in [0.15, 0.2) is 0 Å². The number of piperidine rings is 1. The Labute approximate surface area is 145 Å². The van der Waals surface area contributed by atoms with Gasteiger partial charge in [-0.15, -0.1) is 11.3 Å². The van der Waals surface area contributed by atoms with E-state index >= 15 is 0 Å². The van der Waals surface area contributed by atoms with Crippen LogP contribution >= 0.6 is 11.3 Å². The first-order valence-electron chi connectivity index (χ1n) is 8.31. The number of hydrogen-bond donors (Lipinski definition) is 1. The summed E-state index contributed by atoms with van der Waals surface area (Å²) in [5.74, 6) is 0.303. The van der Waals surface area contributed by atoms with E-state index < -0.39 is 0 Å². The molecule has 1 atom stereocenters. The summed E-state index contributed by atoms with van der Waals surface area (Å²) in [7, 11) is 1.67. The second-order valence-electron chi connectivity index (χ2n) is 6.40. The van der Waals surface area contributed by atoms with Crippen LogP contribution in [0.2, 0.25) is 0 Å². The van der Waals surface area contributed by atoms with Crippen molar-refractivity contribution in [3.63, 3.8) is 0 Å². The Bertz CT molecular complexity index is 739. The summed E-state index contributed by atoms with van der Waals surface area (Å²) < 4.78 is 1.46. The molecule has 0 aromatic carbocycles. The van der Waals surface area contributed by atoms with Crippen molar-refractivity contribution in [3.05, 3.63) is 56.6 Å². The van der Waals surface area contributed by atoms with Crippen molar-refractivity contribution in [2.45, 2.75) is 19.4 Å². The Morgan fingerprint density at radius 1 is 1.42 bits per heavy atom. The first kappa shape index (κ1) is 16.9. The molecule has 3 heterocycles. The van der Waals surface area contributed by atoms with Gasteiger partial charge < -0.3 is 9.88 Å². The summed E-state index contributed by atoms with van der Waals surface area (Å²) in [5.41, 5.74) is 0.270. The van der Waals surface area contributed by atoms with Crippen molar-refractivity contribution in [1.29, 1.82) is 0 Å². The van der Waals surface area contributed by atoms with Crippen LogP contribution in [-0.4, -0.2) is 35.0 Å². The van der Waals surface area contributed by atoms with Gasteiger partial charge in [-0.1, -0.05) is 6.07 Å². The lowest BCUT2D eigenvalue weighted by Gasteiger charge is -2.32. The predicted molar refractivity (Wildman–Crippen MR) is 96.3 cm³/mol. The van der Waals surface area contributed by atoms with Crippen LogP contribution in [0.4, 0.5) is 0 Å². The first-order valence-corrected chi connectivity index (χ1v) is 9.19. The third-order valence-corrected chi connectivity index (χ3v) is 5.34. The minimum absolute atomic E-state index is 0.164. The number of pyridine rings is 1. The summed E-state index contributed by atoms with van der Waals surface area (Å²) in [5, 5.41) is 5.10. The molecule has 0 saturated carbocycles. The molecular formula is C18H23N3O2S. The smallest absolute Gasteiger partial charge is 0.251 e. The molecule has 2 aromatic rings. The van der Waals surface area contributed by atoms with Crippen molar-refractivity contribution in [3.8, 4) is 0 Å². The van der Waals surface area contributed by atoms with Crippen molar-refractivity contribution in [2.24, 2.45) is 13.0 Å². The maximum absolute atomic E-state index is 12.2. The molecule has 0 radical (unpaired) electrons. The third-order valence-electron chi connectivity index (χ3n) is 4.48. The van der Waals surface area contributed by atoms with Crippen LogP contribution in [0, 0.1) is 5.92 Å². The van der Waals surface area contributed by atoms with Gasteiger partial charge in [-0.2, -0.15) is 0 Å². The van der Waals surface area contributed by atoms with Gasteiger partial charge in [-0.05, 0) is 42.8 Å². The molecule has 24 heavy (non-hydrogen) atoms. The minimum Gasteiger partial charge on any atom is -0.352 e. The molecule has 0 bridgehead atoms. The molecule has 1 N–H and O–H groups in total. The number of aromatic nitrogens is 1. The van der Waals surface area contributed by atoms with Crippen molar-refractivity contribution >= 4 is 17.2 Å². The minimum atomic E-state index is -0.164. The lowest BCUT2D eigenvalue weighted by atomic mass is 9.98. The number of aryl methyl sites for hydroxylation is 1. The second kappa shape index (κ2) is 7.77. The van der Waals surface area contributed by atoms with E-state index in [2.05, 4.69) is 27.7 Å². The maximum atomic E-state index is 12.2. The summed E-state index contributed by atoms with van der Waals surface area (Å²) >= 11 is 1.79. The van der Waals surface area contributed by atoms with Crippen LogP contribution < -0.4 is 10.9 Å². The molecular weight excluding hydrogens is 322 g/mol. The van der Waals surface area contributed by atoms with E-state index in [-0.39, 0.29) is 11.5 Å². The van der Waals surface area contributed by atoms with Gasteiger partial charge in [-0.3, -0.25) is 14.5 Å². The van der Waals surface area contributed by atoms with E-state index in [1.54, 1.807) is 30.6 Å². The highest BCUT2D eigenvalue weighted by Crippen LogP contribution is 2.20. The number of nitrogens with one attached hydrogen (secondary N) is 1. The Balaban J connectivity index is 1.51. The van der Waals surface area contributed by atoms with Gasteiger partial charge in [0.05, 0.1) is 0 Å². The molecule has 0 aliphatic carbocycles. The summed E-state index contributed by atoms with van der Waals surface area (Å²) in [6, 6.07) is 7.33. The zero-order valence-electron chi connectivity index (χ0n) is 13.9. The van der Waals surface area contributed by atoms with Crippen molar-refractivity contribution < 1.29 is 4.79 Å². The number of hydrogen-bond acceptors (Lipinski definition) is 4. The molecule has 128 valence electrons. The molecule has 1 unspecified atom stereocenters. The van der Waals surface area contributed by atoms with Gasteiger partial charge in [-0.25, -0.2) is 0 Å². The molecule has 1 aliphatic heterocycles. The summed E-state index contributed by atoms with van der Waals surface area (Å²) in [6.45, 7) is 3.79. The molecule has 1 saturated heterocycles. The highest BCUT2D eigenvalue weighted by molar-refractivity contribution is 7.09. The molecule has 5 nitrogen and oxygen atoms in total. The fourth-order valence-corrected chi connectivity index (χ4v) is 3.86. The maximum Gasteiger partial charge on any atom is 0.251 e. The summed E-state index contributed by atoms with van der Waals surface area (Å²) in [4.78, 5) is 27.7. The molecule has 2 aromatic heterocycles. The predicted octanol–water partition coefficient (Wildman–Crippen LogP) is 2.09. The van der Waals surface area contributed by atoms with Crippen LogP contribution in [0.3, 0.4) is 0 Å². The molecule has 1 amide bonds. The molecule has 3 rings (SSSR count). The normalized spacial score (nSPS) is 18.5. The quantitative estimate of drug-likeness (QED) is 0.903. The zero-order valence-corrected chi connectivity index (χ0v) is 14.7. The van der Waals surface area contributed by atoms with E-state index in [1.807, 2.05) is 0 Å². The fraction of sp³-hybridized carbons (Fsp3) is 0.444. The Morgan fingerprint density at radius 2 is 2.29 bits per heavy atom. The topological polar surface area (TPSA) is 54.3 Å².